The number of nitrogens with one attached hydrogen (secondary N) is 1. The van der Waals surface area contributed by atoms with Gasteiger partial charge in [-0.15, -0.1) is 0 Å². The number of aromatic nitrogens is 3. The van der Waals surface area contributed by atoms with Gasteiger partial charge in [-0.1, -0.05) is 53.5 Å². The van der Waals surface area contributed by atoms with Gasteiger partial charge in [0.25, 0.3) is 0 Å². The first-order valence-electron chi connectivity index (χ1n) is 8.60. The smallest absolute Gasteiger partial charge is 0.216 e. The molecule has 1 heterocycles. The van der Waals surface area contributed by atoms with Crippen LogP contribution in [0.1, 0.15) is 5.56 Å². The first-order chi connectivity index (χ1) is 14.1. The number of aromatic amines is 1. The number of para-hydroxylation sites is 1. The number of halogens is 2. The van der Waals surface area contributed by atoms with Crippen LogP contribution in [0.3, 0.4) is 0 Å². The Morgan fingerprint density at radius 2 is 1.76 bits per heavy atom. The number of H-pyrrole nitrogens is 1. The summed E-state index contributed by atoms with van der Waals surface area (Å²) in [6, 6.07) is 22.3. The largest absolute Gasteiger partial charge is 0.457 e. The van der Waals surface area contributed by atoms with Gasteiger partial charge in [-0.05, 0) is 60.2 Å². The lowest BCUT2D eigenvalue weighted by Crippen LogP contribution is -1.96. The van der Waals surface area contributed by atoms with E-state index in [1.54, 1.807) is 24.4 Å². The second kappa shape index (κ2) is 8.61. The Labute approximate surface area is 182 Å². The third kappa shape index (κ3) is 4.56. The van der Waals surface area contributed by atoms with Crippen molar-refractivity contribution in [1.82, 2.24) is 14.9 Å². The van der Waals surface area contributed by atoms with E-state index in [1.165, 1.54) is 4.68 Å². The Morgan fingerprint density at radius 1 is 0.966 bits per heavy atom. The highest BCUT2D eigenvalue weighted by atomic mass is 35.5. The molecule has 1 N–H and O–H groups in total. The SMILES string of the molecule is S=c1[nH]nc(-c2ccc(Cl)cc2Cl)n1/N=C\c1cccc(Oc2ccccc2)c1. The lowest BCUT2D eigenvalue weighted by atomic mass is 10.2. The van der Waals surface area contributed by atoms with Gasteiger partial charge in [0.1, 0.15) is 11.5 Å². The van der Waals surface area contributed by atoms with Crippen LogP contribution < -0.4 is 4.74 Å². The lowest BCUT2D eigenvalue weighted by Gasteiger charge is -2.06. The second-order valence-corrected chi connectivity index (χ2v) is 7.25. The fraction of sp³-hybridized carbons (Fsp3) is 0. The number of hydrogen-bond donors (Lipinski definition) is 1. The predicted molar refractivity (Wildman–Crippen MR) is 119 cm³/mol. The van der Waals surface area contributed by atoms with Crippen molar-refractivity contribution in [2.45, 2.75) is 0 Å². The maximum atomic E-state index is 6.31. The zero-order chi connectivity index (χ0) is 20.2. The molecule has 0 radical (unpaired) electrons. The van der Waals surface area contributed by atoms with Crippen LogP contribution in [0.25, 0.3) is 11.4 Å². The van der Waals surface area contributed by atoms with E-state index in [0.29, 0.717) is 32.0 Å². The van der Waals surface area contributed by atoms with Crippen LogP contribution >= 0.6 is 35.4 Å². The predicted octanol–water partition coefficient (Wildman–Crippen LogP) is 6.59. The standard InChI is InChI=1S/C21H14Cl2N4OS/c22-15-9-10-18(19(23)12-15)20-25-26-21(29)27(20)24-13-14-5-4-8-17(11-14)28-16-6-2-1-3-7-16/h1-13H,(H,26,29)/b24-13-. The molecule has 0 atom stereocenters. The second-order valence-electron chi connectivity index (χ2n) is 6.02. The van der Waals surface area contributed by atoms with E-state index in [1.807, 2.05) is 54.6 Å². The van der Waals surface area contributed by atoms with E-state index in [4.69, 9.17) is 40.2 Å². The van der Waals surface area contributed by atoms with E-state index in [9.17, 15) is 0 Å². The van der Waals surface area contributed by atoms with E-state index in [-0.39, 0.29) is 0 Å². The van der Waals surface area contributed by atoms with Crippen molar-refractivity contribution in [2.75, 3.05) is 0 Å². The molecule has 0 aliphatic carbocycles. The summed E-state index contributed by atoms with van der Waals surface area (Å²) < 4.78 is 7.72. The minimum absolute atomic E-state index is 0.346. The van der Waals surface area contributed by atoms with Gasteiger partial charge in [0.15, 0.2) is 5.82 Å². The highest BCUT2D eigenvalue weighted by Crippen LogP contribution is 2.29. The Morgan fingerprint density at radius 3 is 2.55 bits per heavy atom. The minimum atomic E-state index is 0.346. The monoisotopic (exact) mass is 440 g/mol. The van der Waals surface area contributed by atoms with Gasteiger partial charge in [0, 0.05) is 10.6 Å². The molecule has 0 spiro atoms. The molecule has 0 fully saturated rings. The third-order valence-electron chi connectivity index (χ3n) is 3.98. The molecule has 4 rings (SSSR count). The van der Waals surface area contributed by atoms with Gasteiger partial charge < -0.3 is 4.74 Å². The fourth-order valence-corrected chi connectivity index (χ4v) is 3.32. The number of hydrogen-bond acceptors (Lipinski definition) is 4. The van der Waals surface area contributed by atoms with Gasteiger partial charge in [-0.25, -0.2) is 5.10 Å². The topological polar surface area (TPSA) is 55.2 Å². The Kier molecular flexibility index (Phi) is 5.76. The summed E-state index contributed by atoms with van der Waals surface area (Å²) in [6.45, 7) is 0. The van der Waals surface area contributed by atoms with Gasteiger partial charge >= 0.3 is 0 Å². The average Bonchev–Trinajstić information content (AvgIpc) is 3.08. The van der Waals surface area contributed by atoms with Crippen molar-refractivity contribution in [1.29, 1.82) is 0 Å². The molecule has 0 aliphatic rings. The Balaban J connectivity index is 1.63. The Bertz CT molecular complexity index is 1230. The molecule has 29 heavy (non-hydrogen) atoms. The fourth-order valence-electron chi connectivity index (χ4n) is 2.65. The molecule has 0 amide bonds. The van der Waals surface area contributed by atoms with Crippen molar-refractivity contribution in [3.63, 3.8) is 0 Å². The van der Waals surface area contributed by atoms with E-state index < -0.39 is 0 Å². The molecule has 8 heteroatoms. The molecule has 4 aromatic rings. The van der Waals surface area contributed by atoms with Gasteiger partial charge in [-0.2, -0.15) is 14.9 Å². The van der Waals surface area contributed by atoms with Crippen LogP contribution in [0.2, 0.25) is 10.0 Å². The van der Waals surface area contributed by atoms with Crippen molar-refractivity contribution < 1.29 is 4.74 Å². The number of benzene rings is 3. The molecule has 144 valence electrons. The average molecular weight is 441 g/mol. The van der Waals surface area contributed by atoms with E-state index in [2.05, 4.69) is 15.3 Å². The third-order valence-corrected chi connectivity index (χ3v) is 4.79. The zero-order valence-corrected chi connectivity index (χ0v) is 17.2. The van der Waals surface area contributed by atoms with Crippen molar-refractivity contribution >= 4 is 41.6 Å². The van der Waals surface area contributed by atoms with Crippen LogP contribution in [-0.2, 0) is 0 Å². The number of ether oxygens (including phenoxy) is 1. The molecule has 0 bridgehead atoms. The first kappa shape index (κ1) is 19.4. The molecule has 0 saturated carbocycles. The maximum absolute atomic E-state index is 6.31. The summed E-state index contributed by atoms with van der Waals surface area (Å²) in [5.74, 6) is 1.96. The number of nitrogens with zero attached hydrogens (tertiary/aromatic N) is 3. The molecule has 0 unspecified atom stereocenters. The summed E-state index contributed by atoms with van der Waals surface area (Å²) in [5.41, 5.74) is 1.51. The number of rotatable bonds is 5. The van der Waals surface area contributed by atoms with Crippen LogP contribution in [0.4, 0.5) is 0 Å². The maximum Gasteiger partial charge on any atom is 0.216 e. The molecule has 1 aromatic heterocycles. The molecular weight excluding hydrogens is 427 g/mol. The summed E-state index contributed by atoms with van der Waals surface area (Å²) in [6.07, 6.45) is 1.68. The molecule has 0 saturated heterocycles. The molecular formula is C21H14Cl2N4OS. The summed E-state index contributed by atoms with van der Waals surface area (Å²) in [4.78, 5) is 0. The minimum Gasteiger partial charge on any atom is -0.457 e. The van der Waals surface area contributed by atoms with Crippen LogP contribution in [0.5, 0.6) is 11.5 Å². The highest BCUT2D eigenvalue weighted by molar-refractivity contribution is 7.71. The summed E-state index contributed by atoms with van der Waals surface area (Å²) in [5, 5.41) is 12.5. The highest BCUT2D eigenvalue weighted by Gasteiger charge is 2.12. The zero-order valence-electron chi connectivity index (χ0n) is 14.9. The summed E-state index contributed by atoms with van der Waals surface area (Å²) in [7, 11) is 0. The van der Waals surface area contributed by atoms with Crippen molar-refractivity contribution in [3.05, 3.63) is 93.2 Å². The van der Waals surface area contributed by atoms with Gasteiger partial charge in [-0.3, -0.25) is 0 Å². The van der Waals surface area contributed by atoms with Crippen LogP contribution in [0.15, 0.2) is 77.9 Å². The Hall–Kier alpha value is -2.93. The quantitative estimate of drug-likeness (QED) is 0.281. The van der Waals surface area contributed by atoms with Crippen LogP contribution in [-0.4, -0.2) is 21.1 Å². The summed E-state index contributed by atoms with van der Waals surface area (Å²) >= 11 is 17.6. The van der Waals surface area contributed by atoms with E-state index in [0.717, 1.165) is 11.3 Å². The molecule has 3 aromatic carbocycles. The van der Waals surface area contributed by atoms with Gasteiger partial charge in [0.2, 0.25) is 4.77 Å². The van der Waals surface area contributed by atoms with Crippen molar-refractivity contribution in [3.8, 4) is 22.9 Å². The van der Waals surface area contributed by atoms with Crippen LogP contribution in [0, 0.1) is 4.77 Å². The van der Waals surface area contributed by atoms with Crippen molar-refractivity contribution in [2.24, 2.45) is 5.10 Å². The first-order valence-corrected chi connectivity index (χ1v) is 9.77. The van der Waals surface area contributed by atoms with Gasteiger partial charge in [0.05, 0.1) is 11.2 Å². The van der Waals surface area contributed by atoms with E-state index >= 15 is 0 Å². The molecule has 5 nitrogen and oxygen atoms in total. The molecule has 0 aliphatic heterocycles. The normalized spacial score (nSPS) is 11.1. The lowest BCUT2D eigenvalue weighted by molar-refractivity contribution is 0.482.